The van der Waals surface area contributed by atoms with Gasteiger partial charge in [0.1, 0.15) is 6.04 Å². The number of hydrogen-bond donors (Lipinski definition) is 2. The number of thiazole rings is 1. The van der Waals surface area contributed by atoms with Gasteiger partial charge in [-0.1, -0.05) is 30.3 Å². The monoisotopic (exact) mass is 344 g/mol. The predicted molar refractivity (Wildman–Crippen MR) is 89.3 cm³/mol. The summed E-state index contributed by atoms with van der Waals surface area (Å²) in [5.41, 5.74) is 0.878. The zero-order valence-electron chi connectivity index (χ0n) is 12.8. The summed E-state index contributed by atoms with van der Waals surface area (Å²) >= 11 is 1.32. The van der Waals surface area contributed by atoms with Crippen LogP contribution >= 0.6 is 11.3 Å². The number of nitrogens with zero attached hydrogens (tertiary/aromatic N) is 2. The normalized spacial score (nSPS) is 17.0. The third kappa shape index (κ3) is 3.77. The van der Waals surface area contributed by atoms with Crippen molar-refractivity contribution in [3.8, 4) is 0 Å². The summed E-state index contributed by atoms with van der Waals surface area (Å²) in [5, 5.41) is 7.57. The van der Waals surface area contributed by atoms with Gasteiger partial charge < -0.3 is 10.6 Å². The van der Waals surface area contributed by atoms with Crippen molar-refractivity contribution in [2.75, 3.05) is 5.32 Å². The Kier molecular flexibility index (Phi) is 4.85. The van der Waals surface area contributed by atoms with Crippen LogP contribution in [0.15, 0.2) is 41.9 Å². The molecule has 0 bridgehead atoms. The van der Waals surface area contributed by atoms with E-state index in [-0.39, 0.29) is 31.2 Å². The summed E-state index contributed by atoms with van der Waals surface area (Å²) in [6.45, 7) is 0.229. The van der Waals surface area contributed by atoms with E-state index in [4.69, 9.17) is 0 Å². The fourth-order valence-electron chi connectivity index (χ4n) is 2.43. The van der Waals surface area contributed by atoms with Crippen LogP contribution in [0.1, 0.15) is 18.4 Å². The average molecular weight is 344 g/mol. The number of nitrogens with one attached hydrogen (secondary N) is 2. The Hall–Kier alpha value is -2.74. The molecule has 1 aliphatic rings. The lowest BCUT2D eigenvalue weighted by atomic mass is 10.1. The molecule has 24 heavy (non-hydrogen) atoms. The third-order valence-corrected chi connectivity index (χ3v) is 4.32. The van der Waals surface area contributed by atoms with Gasteiger partial charge in [-0.25, -0.2) is 9.78 Å². The van der Waals surface area contributed by atoms with E-state index in [9.17, 15) is 14.4 Å². The lowest BCUT2D eigenvalue weighted by molar-refractivity contribution is -0.128. The average Bonchev–Trinajstić information content (AvgIpc) is 3.17. The number of amides is 4. The second-order valence-corrected chi connectivity index (χ2v) is 6.23. The van der Waals surface area contributed by atoms with Crippen molar-refractivity contribution in [3.05, 3.63) is 47.5 Å². The molecule has 1 fully saturated rings. The number of imide groups is 1. The second-order valence-electron chi connectivity index (χ2n) is 5.34. The van der Waals surface area contributed by atoms with E-state index in [1.165, 1.54) is 16.2 Å². The maximum atomic E-state index is 12.4. The maximum absolute atomic E-state index is 12.4. The van der Waals surface area contributed by atoms with Crippen LogP contribution in [0.4, 0.5) is 9.93 Å². The van der Waals surface area contributed by atoms with Crippen LogP contribution in [0, 0.1) is 0 Å². The van der Waals surface area contributed by atoms with Crippen molar-refractivity contribution < 1.29 is 14.4 Å². The summed E-state index contributed by atoms with van der Waals surface area (Å²) in [6, 6.07) is 8.21. The van der Waals surface area contributed by atoms with E-state index in [1.807, 2.05) is 30.3 Å². The van der Waals surface area contributed by atoms with Crippen LogP contribution in [0.5, 0.6) is 0 Å². The van der Waals surface area contributed by atoms with E-state index in [0.29, 0.717) is 5.13 Å². The molecular weight excluding hydrogens is 328 g/mol. The Morgan fingerprint density at radius 3 is 2.79 bits per heavy atom. The molecule has 1 aromatic heterocycles. The fraction of sp³-hybridized carbons (Fsp3) is 0.250. The lowest BCUT2D eigenvalue weighted by Crippen LogP contribution is -2.31. The van der Waals surface area contributed by atoms with Gasteiger partial charge in [-0.15, -0.1) is 11.3 Å². The predicted octanol–water partition coefficient (Wildman–Crippen LogP) is 1.98. The molecule has 2 aromatic rings. The SMILES string of the molecule is O=C(CC[C@H]1NC(=O)N(Cc2ccccc2)C1=O)Nc1nccs1. The molecule has 7 nitrogen and oxygen atoms in total. The van der Waals surface area contributed by atoms with Gasteiger partial charge in [-0.3, -0.25) is 14.5 Å². The molecule has 0 aliphatic carbocycles. The van der Waals surface area contributed by atoms with Crippen molar-refractivity contribution in [3.63, 3.8) is 0 Å². The number of aromatic nitrogens is 1. The first-order valence-corrected chi connectivity index (χ1v) is 8.36. The highest BCUT2D eigenvalue weighted by Gasteiger charge is 2.37. The number of benzene rings is 1. The molecule has 4 amide bonds. The van der Waals surface area contributed by atoms with Gasteiger partial charge in [-0.2, -0.15) is 0 Å². The largest absolute Gasteiger partial charge is 0.326 e. The summed E-state index contributed by atoms with van der Waals surface area (Å²) in [6.07, 6.45) is 1.99. The first-order chi connectivity index (χ1) is 11.6. The zero-order valence-corrected chi connectivity index (χ0v) is 13.6. The van der Waals surface area contributed by atoms with Crippen LogP contribution in [-0.4, -0.2) is 33.8 Å². The van der Waals surface area contributed by atoms with Gasteiger partial charge in [0, 0.05) is 18.0 Å². The molecular formula is C16H16N4O3S. The highest BCUT2D eigenvalue weighted by atomic mass is 32.1. The van der Waals surface area contributed by atoms with E-state index in [2.05, 4.69) is 15.6 Å². The minimum Gasteiger partial charge on any atom is -0.326 e. The number of hydrogen-bond acceptors (Lipinski definition) is 5. The van der Waals surface area contributed by atoms with Gasteiger partial charge in [-0.05, 0) is 12.0 Å². The molecule has 1 atom stereocenters. The first kappa shape index (κ1) is 16.1. The summed E-state index contributed by atoms with van der Waals surface area (Å²) in [4.78, 5) is 41.3. The highest BCUT2D eigenvalue weighted by Crippen LogP contribution is 2.16. The standard InChI is InChI=1S/C16H16N4O3S/c21-13(19-15-17-8-9-24-15)7-6-12-14(22)20(16(23)18-12)10-11-4-2-1-3-5-11/h1-5,8-9,12H,6-7,10H2,(H,18,23)(H,17,19,21)/t12-/m1/s1. The number of urea groups is 1. The van der Waals surface area contributed by atoms with Crippen molar-refractivity contribution in [2.24, 2.45) is 0 Å². The van der Waals surface area contributed by atoms with Gasteiger partial charge in [0.05, 0.1) is 6.54 Å². The fourth-order valence-corrected chi connectivity index (χ4v) is 2.98. The quantitative estimate of drug-likeness (QED) is 0.784. The minimum absolute atomic E-state index is 0.134. The smallest absolute Gasteiger partial charge is 0.325 e. The molecule has 1 saturated heterocycles. The van der Waals surface area contributed by atoms with Crippen molar-refractivity contribution in [2.45, 2.75) is 25.4 Å². The van der Waals surface area contributed by atoms with Crippen molar-refractivity contribution in [1.82, 2.24) is 15.2 Å². The van der Waals surface area contributed by atoms with Crippen LogP contribution in [0.3, 0.4) is 0 Å². The highest BCUT2D eigenvalue weighted by molar-refractivity contribution is 7.13. The molecule has 0 radical (unpaired) electrons. The Morgan fingerprint density at radius 1 is 1.29 bits per heavy atom. The second kappa shape index (κ2) is 7.22. The van der Waals surface area contributed by atoms with E-state index >= 15 is 0 Å². The van der Waals surface area contributed by atoms with Crippen molar-refractivity contribution >= 4 is 34.3 Å². The van der Waals surface area contributed by atoms with Gasteiger partial charge >= 0.3 is 6.03 Å². The first-order valence-electron chi connectivity index (χ1n) is 7.48. The number of rotatable bonds is 6. The Bertz CT molecular complexity index is 733. The molecule has 1 aliphatic heterocycles. The Balaban J connectivity index is 1.53. The lowest BCUT2D eigenvalue weighted by Gasteiger charge is -2.13. The minimum atomic E-state index is -0.664. The van der Waals surface area contributed by atoms with Crippen LogP contribution in [0.2, 0.25) is 0 Å². The molecule has 2 heterocycles. The molecule has 0 unspecified atom stereocenters. The van der Waals surface area contributed by atoms with Gasteiger partial charge in [0.2, 0.25) is 5.91 Å². The van der Waals surface area contributed by atoms with E-state index in [0.717, 1.165) is 5.56 Å². The molecule has 0 saturated carbocycles. The maximum Gasteiger partial charge on any atom is 0.325 e. The number of carbonyl (C=O) groups is 3. The molecule has 8 heteroatoms. The van der Waals surface area contributed by atoms with Gasteiger partial charge in [0.15, 0.2) is 5.13 Å². The zero-order chi connectivity index (χ0) is 16.9. The van der Waals surface area contributed by atoms with E-state index < -0.39 is 12.1 Å². The van der Waals surface area contributed by atoms with Crippen LogP contribution in [-0.2, 0) is 16.1 Å². The topological polar surface area (TPSA) is 91.4 Å². The number of carbonyl (C=O) groups excluding carboxylic acids is 3. The van der Waals surface area contributed by atoms with E-state index in [1.54, 1.807) is 11.6 Å². The van der Waals surface area contributed by atoms with Crippen LogP contribution < -0.4 is 10.6 Å². The molecule has 124 valence electrons. The molecule has 2 N–H and O–H groups in total. The third-order valence-electron chi connectivity index (χ3n) is 3.63. The van der Waals surface area contributed by atoms with Crippen molar-refractivity contribution in [1.29, 1.82) is 0 Å². The summed E-state index contributed by atoms with van der Waals surface area (Å²) in [7, 11) is 0. The molecule has 1 aromatic carbocycles. The molecule has 0 spiro atoms. The summed E-state index contributed by atoms with van der Waals surface area (Å²) < 4.78 is 0. The van der Waals surface area contributed by atoms with Gasteiger partial charge in [0.25, 0.3) is 5.91 Å². The summed E-state index contributed by atoms with van der Waals surface area (Å²) in [5.74, 6) is -0.528. The molecule has 3 rings (SSSR count). The van der Waals surface area contributed by atoms with Crippen LogP contribution in [0.25, 0.3) is 0 Å². The Morgan fingerprint density at radius 2 is 2.08 bits per heavy atom. The Labute approximate surface area is 142 Å². The number of anilines is 1.